The third kappa shape index (κ3) is 3.47. The highest BCUT2D eigenvalue weighted by molar-refractivity contribution is 6.10. The predicted molar refractivity (Wildman–Crippen MR) is 113 cm³/mol. The summed E-state index contributed by atoms with van der Waals surface area (Å²) in [7, 11) is 0. The molecule has 1 heterocycles. The molecule has 0 saturated carbocycles. The number of anilines is 1. The van der Waals surface area contributed by atoms with Gasteiger partial charge < -0.3 is 10.0 Å². The van der Waals surface area contributed by atoms with Crippen molar-refractivity contribution in [2.45, 2.75) is 31.9 Å². The lowest BCUT2D eigenvalue weighted by Crippen LogP contribution is -2.41. The van der Waals surface area contributed by atoms with Gasteiger partial charge in [-0.25, -0.2) is 0 Å². The van der Waals surface area contributed by atoms with E-state index in [1.165, 1.54) is 0 Å². The van der Waals surface area contributed by atoms with E-state index in [0.29, 0.717) is 23.4 Å². The number of aryl methyl sites for hydroxylation is 1. The van der Waals surface area contributed by atoms with E-state index in [1.807, 2.05) is 54.6 Å². The first-order chi connectivity index (χ1) is 14.0. The molecule has 0 aromatic heterocycles. The van der Waals surface area contributed by atoms with E-state index in [9.17, 15) is 14.7 Å². The molecule has 0 radical (unpaired) electrons. The van der Waals surface area contributed by atoms with Crippen LogP contribution in [0, 0.1) is 0 Å². The van der Waals surface area contributed by atoms with Gasteiger partial charge in [0.2, 0.25) is 0 Å². The summed E-state index contributed by atoms with van der Waals surface area (Å²) in [5.41, 5.74) is 1.88. The summed E-state index contributed by atoms with van der Waals surface area (Å²) < 4.78 is 0. The van der Waals surface area contributed by atoms with Crippen molar-refractivity contribution in [2.24, 2.45) is 0 Å². The van der Waals surface area contributed by atoms with Crippen molar-refractivity contribution in [2.75, 3.05) is 4.90 Å². The third-order valence-corrected chi connectivity index (χ3v) is 5.52. The van der Waals surface area contributed by atoms with Gasteiger partial charge in [-0.15, -0.1) is 0 Å². The van der Waals surface area contributed by atoms with Gasteiger partial charge in [0.15, 0.2) is 11.4 Å². The van der Waals surface area contributed by atoms with Crippen LogP contribution in [-0.4, -0.2) is 16.8 Å². The minimum atomic E-state index is -1.86. The lowest BCUT2D eigenvalue weighted by molar-refractivity contribution is -0.136. The number of fused-ring (bicyclic) bond motifs is 1. The molecule has 0 bridgehead atoms. The molecule has 1 unspecified atom stereocenters. The van der Waals surface area contributed by atoms with Crippen LogP contribution in [0.4, 0.5) is 5.69 Å². The van der Waals surface area contributed by atoms with E-state index in [-0.39, 0.29) is 12.2 Å². The number of carbonyl (C=O) groups excluding carboxylic acids is 2. The van der Waals surface area contributed by atoms with Gasteiger partial charge in [-0.3, -0.25) is 9.59 Å². The van der Waals surface area contributed by atoms with Crippen molar-refractivity contribution in [3.05, 3.63) is 101 Å². The van der Waals surface area contributed by atoms with Gasteiger partial charge in [0, 0.05) is 11.1 Å². The van der Waals surface area contributed by atoms with Crippen LogP contribution in [0.15, 0.2) is 78.9 Å². The van der Waals surface area contributed by atoms with Crippen molar-refractivity contribution >= 4 is 17.4 Å². The van der Waals surface area contributed by atoms with Crippen molar-refractivity contribution in [3.63, 3.8) is 0 Å². The number of carbonyl (C=O) groups is 2. The van der Waals surface area contributed by atoms with Crippen molar-refractivity contribution < 1.29 is 14.7 Å². The van der Waals surface area contributed by atoms with Gasteiger partial charge in [-0.2, -0.15) is 0 Å². The molecule has 0 aliphatic carbocycles. The number of aliphatic hydroxyl groups is 1. The maximum absolute atomic E-state index is 13.3. The Hall–Kier alpha value is -3.24. The Morgan fingerprint density at radius 3 is 2.24 bits per heavy atom. The second-order valence-corrected chi connectivity index (χ2v) is 7.40. The Morgan fingerprint density at radius 2 is 1.55 bits per heavy atom. The number of hydrogen-bond donors (Lipinski definition) is 1. The number of rotatable bonds is 6. The lowest BCUT2D eigenvalue weighted by atomic mass is 9.88. The van der Waals surface area contributed by atoms with Crippen molar-refractivity contribution in [1.82, 2.24) is 0 Å². The molecular weight excluding hydrogens is 362 g/mol. The van der Waals surface area contributed by atoms with E-state index >= 15 is 0 Å². The maximum Gasteiger partial charge on any atom is 0.264 e. The molecule has 1 atom stereocenters. The fourth-order valence-corrected chi connectivity index (χ4v) is 3.86. The summed E-state index contributed by atoms with van der Waals surface area (Å²) in [5.74, 6) is -0.707. The van der Waals surface area contributed by atoms with Gasteiger partial charge in [0.1, 0.15) is 0 Å². The molecule has 3 aromatic rings. The van der Waals surface area contributed by atoms with E-state index in [0.717, 1.165) is 17.5 Å². The molecule has 1 N–H and O–H groups in total. The van der Waals surface area contributed by atoms with Crippen LogP contribution < -0.4 is 4.90 Å². The number of benzene rings is 3. The summed E-state index contributed by atoms with van der Waals surface area (Å²) in [4.78, 5) is 27.7. The number of nitrogens with zero attached hydrogens (tertiary/aromatic N) is 1. The minimum absolute atomic E-state index is 0.250. The van der Waals surface area contributed by atoms with Crippen LogP contribution >= 0.6 is 0 Å². The highest BCUT2D eigenvalue weighted by atomic mass is 16.3. The zero-order valence-corrected chi connectivity index (χ0v) is 16.3. The third-order valence-electron chi connectivity index (χ3n) is 5.52. The number of amides is 1. The molecule has 1 aliphatic heterocycles. The monoisotopic (exact) mass is 385 g/mol. The highest BCUT2D eigenvalue weighted by Gasteiger charge is 2.50. The molecule has 0 saturated heterocycles. The van der Waals surface area contributed by atoms with Crippen molar-refractivity contribution in [1.29, 1.82) is 0 Å². The quantitative estimate of drug-likeness (QED) is 0.645. The maximum atomic E-state index is 13.3. The van der Waals surface area contributed by atoms with Gasteiger partial charge in [0.05, 0.1) is 18.7 Å². The lowest BCUT2D eigenvalue weighted by Gasteiger charge is -2.23. The molecule has 146 valence electrons. The molecule has 4 nitrogen and oxygen atoms in total. The van der Waals surface area contributed by atoms with Crippen LogP contribution in [0.25, 0.3) is 0 Å². The Labute approximate surface area is 170 Å². The van der Waals surface area contributed by atoms with Crippen LogP contribution in [0.2, 0.25) is 0 Å². The number of para-hydroxylation sites is 1. The predicted octanol–water partition coefficient (Wildman–Crippen LogP) is 4.26. The summed E-state index contributed by atoms with van der Waals surface area (Å²) in [5, 5.41) is 11.4. The Kier molecular flexibility index (Phi) is 5.03. The zero-order chi connectivity index (χ0) is 20.4. The molecule has 4 heteroatoms. The first-order valence-corrected chi connectivity index (χ1v) is 9.83. The summed E-state index contributed by atoms with van der Waals surface area (Å²) in [6.45, 7) is 2.40. The van der Waals surface area contributed by atoms with Gasteiger partial charge in [-0.1, -0.05) is 79.7 Å². The molecule has 1 aliphatic rings. The molecular formula is C25H23NO3. The molecule has 0 spiro atoms. The van der Waals surface area contributed by atoms with Crippen LogP contribution in [-0.2, 0) is 23.4 Å². The average molecular weight is 385 g/mol. The van der Waals surface area contributed by atoms with Crippen molar-refractivity contribution in [3.8, 4) is 0 Å². The van der Waals surface area contributed by atoms with E-state index in [4.69, 9.17) is 0 Å². The SMILES string of the molecule is CCc1ccc(C(=O)CC2(O)C(=O)N(Cc3ccccc3)c3ccccc32)cc1. The number of Topliss-reactive ketones (excluding diaryl/α,β-unsaturated/α-hetero) is 1. The normalized spacial score (nSPS) is 18.0. The minimum Gasteiger partial charge on any atom is -0.375 e. The van der Waals surface area contributed by atoms with E-state index in [1.54, 1.807) is 29.2 Å². The number of hydrogen-bond acceptors (Lipinski definition) is 3. The molecule has 0 fully saturated rings. The summed E-state index contributed by atoms with van der Waals surface area (Å²) in [6.07, 6.45) is 0.609. The van der Waals surface area contributed by atoms with Crippen LogP contribution in [0.5, 0.6) is 0 Å². The van der Waals surface area contributed by atoms with Gasteiger partial charge in [0.25, 0.3) is 5.91 Å². The number of ketones is 1. The molecule has 3 aromatic carbocycles. The van der Waals surface area contributed by atoms with Crippen LogP contribution in [0.1, 0.15) is 40.4 Å². The second kappa shape index (κ2) is 7.64. The smallest absolute Gasteiger partial charge is 0.264 e. The topological polar surface area (TPSA) is 57.6 Å². The van der Waals surface area contributed by atoms with Crippen LogP contribution in [0.3, 0.4) is 0 Å². The second-order valence-electron chi connectivity index (χ2n) is 7.40. The standard InChI is InChI=1S/C25H23NO3/c1-2-18-12-14-20(15-13-18)23(27)16-25(29)21-10-6-7-11-22(21)26(24(25)28)17-19-8-4-3-5-9-19/h3-15,29H,2,16-17H2,1H3. The largest absolute Gasteiger partial charge is 0.375 e. The summed E-state index contributed by atoms with van der Waals surface area (Å²) >= 11 is 0. The Bertz CT molecular complexity index is 1040. The van der Waals surface area contributed by atoms with Gasteiger partial charge in [-0.05, 0) is 23.6 Å². The van der Waals surface area contributed by atoms with E-state index in [2.05, 4.69) is 6.92 Å². The summed E-state index contributed by atoms with van der Waals surface area (Å²) in [6, 6.07) is 24.1. The zero-order valence-electron chi connectivity index (χ0n) is 16.3. The fourth-order valence-electron chi connectivity index (χ4n) is 3.86. The first-order valence-electron chi connectivity index (χ1n) is 9.83. The molecule has 4 rings (SSSR count). The average Bonchev–Trinajstić information content (AvgIpc) is 2.96. The van der Waals surface area contributed by atoms with Gasteiger partial charge >= 0.3 is 0 Å². The van der Waals surface area contributed by atoms with E-state index < -0.39 is 11.5 Å². The fraction of sp³-hybridized carbons (Fsp3) is 0.200. The molecule has 1 amide bonds. The highest BCUT2D eigenvalue weighted by Crippen LogP contribution is 2.43. The first kappa shape index (κ1) is 19.1. The molecule has 29 heavy (non-hydrogen) atoms. The Balaban J connectivity index is 1.65. The Morgan fingerprint density at radius 1 is 0.897 bits per heavy atom.